The van der Waals surface area contributed by atoms with Gasteiger partial charge in [-0.2, -0.15) is 0 Å². The SMILES string of the molecule is CC(C)CC(CNC(=O)NCC1(C)CCC1)CC(=O)O. The molecule has 3 N–H and O–H groups in total. The molecular weight excluding hydrogens is 256 g/mol. The lowest BCUT2D eigenvalue weighted by molar-refractivity contribution is -0.138. The van der Waals surface area contributed by atoms with Crippen LogP contribution in [0, 0.1) is 17.3 Å². The number of rotatable bonds is 8. The van der Waals surface area contributed by atoms with Crippen molar-refractivity contribution >= 4 is 12.0 Å². The number of urea groups is 1. The highest BCUT2D eigenvalue weighted by Gasteiger charge is 2.31. The maximum atomic E-state index is 11.7. The molecular formula is C15H28N2O3. The largest absolute Gasteiger partial charge is 0.481 e. The summed E-state index contributed by atoms with van der Waals surface area (Å²) in [4.78, 5) is 22.5. The molecule has 0 radical (unpaired) electrons. The average Bonchev–Trinajstić information content (AvgIpc) is 2.29. The summed E-state index contributed by atoms with van der Waals surface area (Å²) in [7, 11) is 0. The van der Waals surface area contributed by atoms with Gasteiger partial charge in [-0.1, -0.05) is 27.2 Å². The summed E-state index contributed by atoms with van der Waals surface area (Å²) in [6.07, 6.45) is 4.50. The molecule has 1 rings (SSSR count). The van der Waals surface area contributed by atoms with E-state index in [1.807, 2.05) is 0 Å². The van der Waals surface area contributed by atoms with Crippen molar-refractivity contribution in [3.63, 3.8) is 0 Å². The van der Waals surface area contributed by atoms with E-state index in [1.165, 1.54) is 19.3 Å². The van der Waals surface area contributed by atoms with Crippen LogP contribution in [0.25, 0.3) is 0 Å². The summed E-state index contributed by atoms with van der Waals surface area (Å²) in [5, 5.41) is 14.6. The van der Waals surface area contributed by atoms with Crippen LogP contribution in [-0.4, -0.2) is 30.2 Å². The molecule has 0 aromatic heterocycles. The van der Waals surface area contributed by atoms with Crippen LogP contribution in [0.15, 0.2) is 0 Å². The predicted molar refractivity (Wildman–Crippen MR) is 78.6 cm³/mol. The third kappa shape index (κ3) is 6.26. The van der Waals surface area contributed by atoms with Gasteiger partial charge in [0.2, 0.25) is 0 Å². The molecule has 0 aliphatic heterocycles. The van der Waals surface area contributed by atoms with Crippen LogP contribution in [-0.2, 0) is 4.79 Å². The minimum absolute atomic E-state index is 0.00228. The zero-order valence-corrected chi connectivity index (χ0v) is 12.9. The van der Waals surface area contributed by atoms with Gasteiger partial charge >= 0.3 is 12.0 Å². The molecule has 1 saturated carbocycles. The number of amides is 2. The van der Waals surface area contributed by atoms with Crippen LogP contribution >= 0.6 is 0 Å². The molecule has 1 aliphatic rings. The third-order valence-electron chi connectivity index (χ3n) is 4.06. The molecule has 0 aromatic carbocycles. The van der Waals surface area contributed by atoms with E-state index in [9.17, 15) is 9.59 Å². The van der Waals surface area contributed by atoms with E-state index >= 15 is 0 Å². The lowest BCUT2D eigenvalue weighted by atomic mass is 9.70. The van der Waals surface area contributed by atoms with Crippen molar-refractivity contribution in [3.05, 3.63) is 0 Å². The molecule has 2 amide bonds. The molecule has 0 spiro atoms. The number of hydrogen-bond donors (Lipinski definition) is 3. The number of hydrogen-bond acceptors (Lipinski definition) is 2. The highest BCUT2D eigenvalue weighted by molar-refractivity contribution is 5.74. The molecule has 0 heterocycles. The summed E-state index contributed by atoms with van der Waals surface area (Å²) in [6, 6.07) is -0.183. The smallest absolute Gasteiger partial charge is 0.314 e. The lowest BCUT2D eigenvalue weighted by Gasteiger charge is -2.38. The van der Waals surface area contributed by atoms with Crippen molar-refractivity contribution in [2.75, 3.05) is 13.1 Å². The van der Waals surface area contributed by atoms with Crippen molar-refractivity contribution in [2.45, 2.75) is 52.9 Å². The predicted octanol–water partition coefficient (Wildman–Crippen LogP) is 2.61. The fourth-order valence-electron chi connectivity index (χ4n) is 2.70. The molecule has 5 heteroatoms. The van der Waals surface area contributed by atoms with E-state index in [1.54, 1.807) is 0 Å². The third-order valence-corrected chi connectivity index (χ3v) is 4.06. The van der Waals surface area contributed by atoms with Crippen LogP contribution in [0.3, 0.4) is 0 Å². The maximum absolute atomic E-state index is 11.7. The summed E-state index contributed by atoms with van der Waals surface area (Å²) in [5.74, 6) is -0.379. The first-order valence-corrected chi connectivity index (χ1v) is 7.54. The maximum Gasteiger partial charge on any atom is 0.314 e. The Hall–Kier alpha value is -1.26. The van der Waals surface area contributed by atoms with Crippen LogP contribution in [0.2, 0.25) is 0 Å². The van der Waals surface area contributed by atoms with Crippen LogP contribution in [0.4, 0.5) is 4.79 Å². The van der Waals surface area contributed by atoms with Crippen molar-refractivity contribution in [1.82, 2.24) is 10.6 Å². The van der Waals surface area contributed by atoms with E-state index in [-0.39, 0.29) is 23.8 Å². The molecule has 1 atom stereocenters. The van der Waals surface area contributed by atoms with Gasteiger partial charge in [0.05, 0.1) is 0 Å². The van der Waals surface area contributed by atoms with Crippen molar-refractivity contribution in [1.29, 1.82) is 0 Å². The molecule has 20 heavy (non-hydrogen) atoms. The van der Waals surface area contributed by atoms with Crippen LogP contribution in [0.1, 0.15) is 52.9 Å². The Morgan fingerprint density at radius 3 is 2.35 bits per heavy atom. The van der Waals surface area contributed by atoms with Gasteiger partial charge in [-0.3, -0.25) is 4.79 Å². The van der Waals surface area contributed by atoms with Gasteiger partial charge in [0.25, 0.3) is 0 Å². The second kappa shape index (κ2) is 7.50. The fourth-order valence-corrected chi connectivity index (χ4v) is 2.70. The molecule has 0 bridgehead atoms. The first kappa shape index (κ1) is 16.8. The van der Waals surface area contributed by atoms with Crippen LogP contribution in [0.5, 0.6) is 0 Å². The van der Waals surface area contributed by atoms with E-state index < -0.39 is 5.97 Å². The number of carbonyl (C=O) groups excluding carboxylic acids is 1. The van der Waals surface area contributed by atoms with Crippen molar-refractivity contribution < 1.29 is 14.7 Å². The second-order valence-electron chi connectivity index (χ2n) is 6.82. The van der Waals surface area contributed by atoms with Gasteiger partial charge in [0, 0.05) is 19.5 Å². The Morgan fingerprint density at radius 1 is 1.25 bits per heavy atom. The number of aliphatic carboxylic acids is 1. The molecule has 1 unspecified atom stereocenters. The van der Waals surface area contributed by atoms with Gasteiger partial charge in [-0.25, -0.2) is 4.79 Å². The number of carboxylic acid groups (broad SMARTS) is 1. The molecule has 1 fully saturated rings. The fraction of sp³-hybridized carbons (Fsp3) is 0.867. The van der Waals surface area contributed by atoms with Gasteiger partial charge in [0.1, 0.15) is 0 Å². The Labute approximate surface area is 121 Å². The first-order valence-electron chi connectivity index (χ1n) is 7.54. The van der Waals surface area contributed by atoms with E-state index in [4.69, 9.17) is 5.11 Å². The Balaban J connectivity index is 2.26. The molecule has 1 aliphatic carbocycles. The normalized spacial score (nSPS) is 18.2. The zero-order valence-electron chi connectivity index (χ0n) is 12.9. The Kier molecular flexibility index (Phi) is 6.30. The van der Waals surface area contributed by atoms with Crippen LogP contribution < -0.4 is 10.6 Å². The van der Waals surface area contributed by atoms with Gasteiger partial charge < -0.3 is 15.7 Å². The number of carbonyl (C=O) groups is 2. The zero-order chi connectivity index (χ0) is 15.2. The number of carboxylic acids is 1. The van der Waals surface area contributed by atoms with E-state index in [2.05, 4.69) is 31.4 Å². The highest BCUT2D eigenvalue weighted by atomic mass is 16.4. The van der Waals surface area contributed by atoms with E-state index in [0.717, 1.165) is 6.42 Å². The van der Waals surface area contributed by atoms with Gasteiger partial charge in [-0.15, -0.1) is 0 Å². The standard InChI is InChI=1S/C15H28N2O3/c1-11(2)7-12(8-13(18)19)9-16-14(20)17-10-15(3)5-4-6-15/h11-12H,4-10H2,1-3H3,(H,18,19)(H2,16,17,20). The summed E-state index contributed by atoms with van der Waals surface area (Å²) < 4.78 is 0. The second-order valence-corrected chi connectivity index (χ2v) is 6.82. The quantitative estimate of drug-likeness (QED) is 0.641. The van der Waals surface area contributed by atoms with E-state index in [0.29, 0.717) is 19.0 Å². The average molecular weight is 284 g/mol. The molecule has 0 aromatic rings. The lowest BCUT2D eigenvalue weighted by Crippen LogP contribution is -2.45. The Morgan fingerprint density at radius 2 is 1.90 bits per heavy atom. The Bertz CT molecular complexity index is 338. The van der Waals surface area contributed by atoms with Crippen molar-refractivity contribution in [3.8, 4) is 0 Å². The summed E-state index contributed by atoms with van der Waals surface area (Å²) >= 11 is 0. The molecule has 116 valence electrons. The topological polar surface area (TPSA) is 78.4 Å². The van der Waals surface area contributed by atoms with Gasteiger partial charge in [-0.05, 0) is 36.5 Å². The number of nitrogens with one attached hydrogen (secondary N) is 2. The minimum Gasteiger partial charge on any atom is -0.481 e. The summed E-state index contributed by atoms with van der Waals surface area (Å²) in [6.45, 7) is 7.43. The monoisotopic (exact) mass is 284 g/mol. The molecule has 0 saturated heterocycles. The summed E-state index contributed by atoms with van der Waals surface area (Å²) in [5.41, 5.74) is 0.260. The molecule has 5 nitrogen and oxygen atoms in total. The van der Waals surface area contributed by atoms with Crippen molar-refractivity contribution in [2.24, 2.45) is 17.3 Å². The minimum atomic E-state index is -0.806. The van der Waals surface area contributed by atoms with Gasteiger partial charge in [0.15, 0.2) is 0 Å². The first-order chi connectivity index (χ1) is 9.31. The highest BCUT2D eigenvalue weighted by Crippen LogP contribution is 2.39.